The number of halogens is 2. The maximum absolute atomic E-state index is 13.1. The molecule has 0 N–H and O–H groups in total. The molecule has 0 amide bonds. The fourth-order valence-electron chi connectivity index (χ4n) is 3.22. The minimum atomic E-state index is -2.45. The van der Waals surface area contributed by atoms with Gasteiger partial charge in [-0.15, -0.1) is 0 Å². The zero-order chi connectivity index (χ0) is 18.4. The van der Waals surface area contributed by atoms with Crippen LogP contribution in [0.4, 0.5) is 8.78 Å². The van der Waals surface area contributed by atoms with E-state index in [1.165, 1.54) is 6.07 Å². The van der Waals surface area contributed by atoms with E-state index in [0.29, 0.717) is 0 Å². The number of nitrogens with zero attached hydrogens (tertiary/aromatic N) is 3. The molecule has 0 bridgehead atoms. The van der Waals surface area contributed by atoms with E-state index in [2.05, 4.69) is 27.7 Å². The fourth-order valence-corrected chi connectivity index (χ4v) is 3.22. The second kappa shape index (κ2) is 9.25. The van der Waals surface area contributed by atoms with Crippen molar-refractivity contribution in [2.75, 3.05) is 48.8 Å². The molecule has 0 aromatic heterocycles. The van der Waals surface area contributed by atoms with Crippen molar-refractivity contribution in [1.82, 2.24) is 14.7 Å². The van der Waals surface area contributed by atoms with Crippen LogP contribution in [0.2, 0.25) is 0 Å². The van der Waals surface area contributed by atoms with Gasteiger partial charge in [0.2, 0.25) is 0 Å². The molecule has 0 saturated heterocycles. The summed E-state index contributed by atoms with van der Waals surface area (Å²) in [7, 11) is 12.2. The molecule has 0 aliphatic heterocycles. The van der Waals surface area contributed by atoms with Gasteiger partial charge in [-0.1, -0.05) is 31.2 Å². The molecule has 5 heteroatoms. The summed E-state index contributed by atoms with van der Waals surface area (Å²) >= 11 is 0. The van der Waals surface area contributed by atoms with Gasteiger partial charge in [0.1, 0.15) is 0 Å². The number of hydrogen-bond acceptors (Lipinski definition) is 3. The van der Waals surface area contributed by atoms with Crippen LogP contribution in [0.15, 0.2) is 30.3 Å². The summed E-state index contributed by atoms with van der Waals surface area (Å²) in [5.74, 6) is 0.169. The van der Waals surface area contributed by atoms with Crippen LogP contribution < -0.4 is 0 Å². The van der Waals surface area contributed by atoms with Crippen LogP contribution in [0.3, 0.4) is 0 Å². The first kappa shape index (κ1) is 20.7. The Labute approximate surface area is 145 Å². The third-order valence-corrected chi connectivity index (χ3v) is 4.14. The first-order chi connectivity index (χ1) is 11.1. The van der Waals surface area contributed by atoms with Gasteiger partial charge < -0.3 is 4.90 Å². The Morgan fingerprint density at radius 3 is 2.08 bits per heavy atom. The number of alkyl halides is 2. The molecule has 24 heavy (non-hydrogen) atoms. The highest BCUT2D eigenvalue weighted by Gasteiger charge is 2.26. The lowest BCUT2D eigenvalue weighted by molar-refractivity contribution is 0.0995. The summed E-state index contributed by atoms with van der Waals surface area (Å²) in [5, 5.41) is 0. The molecular formula is C19H31F2N3. The Morgan fingerprint density at radius 1 is 1.04 bits per heavy atom. The molecule has 0 fully saturated rings. The predicted octanol–water partition coefficient (Wildman–Crippen LogP) is 3.65. The van der Waals surface area contributed by atoms with Crippen molar-refractivity contribution in [2.45, 2.75) is 19.5 Å². The first-order valence-corrected chi connectivity index (χ1v) is 8.21. The number of likely N-dealkylation sites (N-methyl/N-ethyl adjacent to an activating group) is 1. The van der Waals surface area contributed by atoms with Crippen LogP contribution in [0, 0.1) is 5.92 Å². The van der Waals surface area contributed by atoms with Gasteiger partial charge in [-0.05, 0) is 59.5 Å². The van der Waals surface area contributed by atoms with E-state index in [4.69, 9.17) is 0 Å². The molecular weight excluding hydrogens is 308 g/mol. The van der Waals surface area contributed by atoms with Crippen LogP contribution >= 0.6 is 0 Å². The van der Waals surface area contributed by atoms with Gasteiger partial charge in [0.25, 0.3) is 6.43 Å². The van der Waals surface area contributed by atoms with E-state index < -0.39 is 6.43 Å². The topological polar surface area (TPSA) is 9.72 Å². The second-order valence-corrected chi connectivity index (χ2v) is 6.98. The van der Waals surface area contributed by atoms with Crippen LogP contribution in [0.5, 0.6) is 0 Å². The fraction of sp³-hybridized carbons (Fsp3) is 0.579. The van der Waals surface area contributed by atoms with E-state index in [1.54, 1.807) is 12.1 Å². The van der Waals surface area contributed by atoms with Crippen LogP contribution in [0.25, 0.3) is 5.57 Å². The Balaban J connectivity index is 3.31. The first-order valence-electron chi connectivity index (χ1n) is 8.21. The molecule has 1 unspecified atom stereocenters. The van der Waals surface area contributed by atoms with Crippen molar-refractivity contribution in [3.8, 4) is 0 Å². The molecule has 0 spiro atoms. The Kier molecular flexibility index (Phi) is 8.00. The lowest BCUT2D eigenvalue weighted by atomic mass is 9.89. The molecule has 0 aliphatic carbocycles. The maximum atomic E-state index is 13.1. The van der Waals surface area contributed by atoms with Crippen molar-refractivity contribution in [2.24, 2.45) is 5.92 Å². The van der Waals surface area contributed by atoms with Gasteiger partial charge in [0.05, 0.1) is 6.17 Å². The van der Waals surface area contributed by atoms with Crippen LogP contribution in [0.1, 0.15) is 24.5 Å². The van der Waals surface area contributed by atoms with Crippen LogP contribution in [-0.4, -0.2) is 69.7 Å². The van der Waals surface area contributed by atoms with E-state index in [1.807, 2.05) is 48.4 Å². The summed E-state index contributed by atoms with van der Waals surface area (Å²) in [6.45, 7) is 2.92. The number of rotatable bonds is 8. The van der Waals surface area contributed by atoms with Gasteiger partial charge in [-0.25, -0.2) is 8.78 Å². The molecule has 0 radical (unpaired) electrons. The molecule has 1 rings (SSSR count). The summed E-state index contributed by atoms with van der Waals surface area (Å²) in [5.41, 5.74) is 2.04. The SMILES string of the molecule is CC(/C(=C/CN(C)C)c1cccc(C(F)F)c1)C(N(C)C)N(C)C. The molecule has 1 atom stereocenters. The Bertz CT molecular complexity index is 531. The highest BCUT2D eigenvalue weighted by molar-refractivity contribution is 5.68. The molecule has 1 aromatic rings. The summed E-state index contributed by atoms with van der Waals surface area (Å²) in [6.07, 6.45) is -0.127. The van der Waals surface area contributed by atoms with Gasteiger partial charge in [-0.3, -0.25) is 9.80 Å². The zero-order valence-corrected chi connectivity index (χ0v) is 15.9. The van der Waals surface area contributed by atoms with Crippen molar-refractivity contribution in [3.05, 3.63) is 41.5 Å². The Hall–Kier alpha value is -1.30. The molecule has 0 heterocycles. The van der Waals surface area contributed by atoms with Crippen molar-refractivity contribution in [3.63, 3.8) is 0 Å². The third-order valence-electron chi connectivity index (χ3n) is 4.14. The Morgan fingerprint density at radius 2 is 1.62 bits per heavy atom. The zero-order valence-electron chi connectivity index (χ0n) is 15.9. The smallest absolute Gasteiger partial charge is 0.263 e. The summed E-state index contributed by atoms with van der Waals surface area (Å²) in [4.78, 5) is 6.39. The highest BCUT2D eigenvalue weighted by atomic mass is 19.3. The van der Waals surface area contributed by atoms with Crippen molar-refractivity contribution >= 4 is 5.57 Å². The quantitative estimate of drug-likeness (QED) is 0.669. The normalized spacial score (nSPS) is 14.5. The summed E-state index contributed by atoms with van der Waals surface area (Å²) in [6, 6.07) is 6.74. The monoisotopic (exact) mass is 339 g/mol. The molecule has 3 nitrogen and oxygen atoms in total. The number of hydrogen-bond donors (Lipinski definition) is 0. The highest BCUT2D eigenvalue weighted by Crippen LogP contribution is 2.31. The summed E-state index contributed by atoms with van der Waals surface area (Å²) < 4.78 is 26.2. The molecule has 0 saturated carbocycles. The largest absolute Gasteiger partial charge is 0.306 e. The van der Waals surface area contributed by atoms with E-state index >= 15 is 0 Å². The van der Waals surface area contributed by atoms with E-state index in [0.717, 1.165) is 17.7 Å². The molecule has 136 valence electrons. The third kappa shape index (κ3) is 5.65. The lowest BCUT2D eigenvalue weighted by Crippen LogP contribution is -2.45. The second-order valence-electron chi connectivity index (χ2n) is 6.98. The maximum Gasteiger partial charge on any atom is 0.263 e. The van der Waals surface area contributed by atoms with Gasteiger partial charge >= 0.3 is 0 Å². The van der Waals surface area contributed by atoms with Crippen molar-refractivity contribution < 1.29 is 8.78 Å². The van der Waals surface area contributed by atoms with E-state index in [9.17, 15) is 8.78 Å². The van der Waals surface area contributed by atoms with Gasteiger partial charge in [0.15, 0.2) is 0 Å². The van der Waals surface area contributed by atoms with Crippen molar-refractivity contribution in [1.29, 1.82) is 0 Å². The molecule has 0 aliphatic rings. The minimum Gasteiger partial charge on any atom is -0.306 e. The molecule has 1 aromatic carbocycles. The average Bonchev–Trinajstić information content (AvgIpc) is 2.46. The number of benzene rings is 1. The van der Waals surface area contributed by atoms with Crippen LogP contribution in [-0.2, 0) is 0 Å². The standard InChI is InChI=1S/C19H31F2N3/c1-14(19(23(4)5)24(6)7)17(11-12-22(2)3)15-9-8-10-16(13-15)18(20)21/h8-11,13-14,18-19H,12H2,1-7H3/b17-11-. The minimum absolute atomic E-state index is 0.0710. The van der Waals surface area contributed by atoms with Gasteiger partial charge in [-0.2, -0.15) is 0 Å². The lowest BCUT2D eigenvalue weighted by Gasteiger charge is -2.37. The van der Waals surface area contributed by atoms with Gasteiger partial charge in [0, 0.05) is 18.0 Å². The van der Waals surface area contributed by atoms with E-state index in [-0.39, 0.29) is 17.6 Å². The predicted molar refractivity (Wildman–Crippen MR) is 98.3 cm³/mol. The average molecular weight is 339 g/mol.